The predicted molar refractivity (Wildman–Crippen MR) is 459 cm³/mol. The monoisotopic (exact) mass is 1400 g/mol. The highest BCUT2D eigenvalue weighted by atomic mass is 32.1. The molecule has 0 atom stereocenters. The molecule has 0 radical (unpaired) electrons. The molecule has 0 fully saturated rings. The van der Waals surface area contributed by atoms with Crippen LogP contribution in [0.4, 0.5) is 4.39 Å². The maximum Gasteiger partial charge on any atom is 0.138 e. The van der Waals surface area contributed by atoms with Crippen LogP contribution < -0.4 is 5.19 Å². The van der Waals surface area contributed by atoms with Crippen molar-refractivity contribution in [1.29, 1.82) is 0 Å². The average molecular weight is 1400 g/mol. The number of halogens is 1. The Morgan fingerprint density at radius 2 is 0.769 bits per heavy atom. The zero-order valence-corrected chi connectivity index (χ0v) is 66.0. The molecule has 16 rings (SSSR count). The van der Waals surface area contributed by atoms with E-state index >= 15 is 0 Å². The Morgan fingerprint density at radius 1 is 0.317 bits per heavy atom. The van der Waals surface area contributed by atoms with Gasteiger partial charge in [0.1, 0.15) is 17.0 Å². The van der Waals surface area contributed by atoms with Gasteiger partial charge in [-0.3, -0.25) is 0 Å². The number of thiophene rings is 1. The number of furan rings is 1. The lowest BCUT2D eigenvalue weighted by atomic mass is 9.87. The van der Waals surface area contributed by atoms with E-state index in [4.69, 9.17) is 4.42 Å². The summed E-state index contributed by atoms with van der Waals surface area (Å²) in [6.45, 7) is 37.1. The summed E-state index contributed by atoms with van der Waals surface area (Å²) < 4.78 is 22.1. The second-order valence-electron chi connectivity index (χ2n) is 29.3. The molecule has 0 aliphatic carbocycles. The molecule has 0 amide bonds. The second kappa shape index (κ2) is 36.6. The summed E-state index contributed by atoms with van der Waals surface area (Å²) >= 11 is 1.89. The molecular weight excluding hydrogens is 1300 g/mol. The van der Waals surface area contributed by atoms with E-state index in [0.717, 1.165) is 33.2 Å². The Bertz CT molecular complexity index is 5160. The normalized spacial score (nSPS) is 10.8. The van der Waals surface area contributed by atoms with Gasteiger partial charge in [-0.25, -0.2) is 4.39 Å². The van der Waals surface area contributed by atoms with Gasteiger partial charge in [-0.1, -0.05) is 359 Å². The van der Waals surface area contributed by atoms with Crippen LogP contribution in [0.25, 0.3) is 86.3 Å². The number of fused-ring (bicyclic) bond motifs is 7. The summed E-state index contributed by atoms with van der Waals surface area (Å²) in [5.41, 5.74) is 25.3. The molecule has 16 aromatic rings. The van der Waals surface area contributed by atoms with Crippen LogP contribution in [0.1, 0.15) is 87.5 Å². The van der Waals surface area contributed by atoms with Crippen LogP contribution in [0.5, 0.6) is 0 Å². The fourth-order valence-electron chi connectivity index (χ4n) is 12.4. The molecule has 526 valence electrons. The van der Waals surface area contributed by atoms with Gasteiger partial charge in [-0.15, -0.1) is 11.3 Å². The fourth-order valence-corrected chi connectivity index (χ4v) is 14.7. The summed E-state index contributed by atoms with van der Waals surface area (Å²) in [5.74, 6) is -0.182. The molecule has 0 unspecified atom stereocenters. The van der Waals surface area contributed by atoms with Crippen LogP contribution in [-0.4, -0.2) is 8.07 Å². The number of para-hydroxylation sites is 2. The van der Waals surface area contributed by atoms with Crippen molar-refractivity contribution in [1.82, 2.24) is 0 Å². The summed E-state index contributed by atoms with van der Waals surface area (Å²) in [4.78, 5) is 0. The number of hydrogen-bond donors (Lipinski definition) is 0. The quantitative estimate of drug-likeness (QED) is 0.160. The van der Waals surface area contributed by atoms with E-state index in [1.807, 2.05) is 78.9 Å². The zero-order chi connectivity index (χ0) is 74.5. The summed E-state index contributed by atoms with van der Waals surface area (Å²) in [5, 5.41) is 9.07. The third kappa shape index (κ3) is 21.8. The predicted octanol–water partition coefficient (Wildman–Crippen LogP) is 29.3. The average Bonchev–Trinajstić information content (AvgIpc) is 1.66. The molecule has 14 aromatic carbocycles. The van der Waals surface area contributed by atoms with E-state index in [-0.39, 0.29) is 11.2 Å². The Balaban J connectivity index is 0.000000139. The zero-order valence-electron chi connectivity index (χ0n) is 64.2. The number of aryl methyl sites for hydroxylation is 10. The SMILES string of the molecule is Cc1cc(C)c(C)c(C)c1.Cc1cc(F)cc(-c2cccc3ccccc23)c1.Cc1ccc(-c2ccccc2)cc1.Cc1ccc(C(C)(C)C)cc1.Cc1ccc([Si](C)(C)C)cc1.Cc1cccc2c1oc1ccccc12.Cc1cccc2c1sc1ccccc12.Cc1ccccc1-c1ccccc1. The molecule has 1 nitrogen and oxygen atoms in total. The van der Waals surface area contributed by atoms with Crippen molar-refractivity contribution in [2.45, 2.75) is 122 Å². The van der Waals surface area contributed by atoms with Gasteiger partial charge in [-0.2, -0.15) is 0 Å². The minimum absolute atomic E-state index is 0.182. The lowest BCUT2D eigenvalue weighted by Crippen LogP contribution is -2.37. The standard InChI is InChI=1S/C17H13F.C13H10O.C13H10S.2C13H12.C11H16.C10H16Si.C10H14/c1-12-9-14(11-15(18)10-12)17-8-4-6-13-5-2-3-7-16(13)17;2*1-9-5-4-7-11-10-6-2-3-8-12(10)14-13(9)11;1-11-7-5-6-10-13(11)12-8-3-2-4-9-12;1-11-7-9-13(10-8-11)12-5-3-2-4-6-12;2*1-9-5-7-10(8-6-9)11(2,3)4;1-7-5-8(2)10(4)9(3)6-7/h2-11H,1H3;2*2-8H,1H3;2*2-10H,1H3;2*5-8H,1-4H3;5-6H,1-4H3. The van der Waals surface area contributed by atoms with E-state index in [0.29, 0.717) is 0 Å². The molecule has 0 aliphatic heterocycles. The highest BCUT2D eigenvalue weighted by Gasteiger charge is 2.16. The lowest BCUT2D eigenvalue weighted by molar-refractivity contribution is 0.590. The van der Waals surface area contributed by atoms with Gasteiger partial charge < -0.3 is 4.42 Å². The summed E-state index contributed by atoms with van der Waals surface area (Å²) in [6.07, 6.45) is 0. The van der Waals surface area contributed by atoms with Crippen LogP contribution in [0.15, 0.2) is 320 Å². The van der Waals surface area contributed by atoms with E-state index in [1.165, 1.54) is 120 Å². The van der Waals surface area contributed by atoms with E-state index in [1.54, 1.807) is 17.3 Å². The molecule has 0 saturated carbocycles. The number of benzene rings is 14. The fraction of sp³-hybridized carbons (Fsp3) is 0.180. The van der Waals surface area contributed by atoms with E-state index < -0.39 is 8.07 Å². The Morgan fingerprint density at radius 3 is 1.38 bits per heavy atom. The third-order valence-electron chi connectivity index (χ3n) is 18.6. The van der Waals surface area contributed by atoms with Crippen molar-refractivity contribution in [2.24, 2.45) is 0 Å². The minimum atomic E-state index is -1.06. The van der Waals surface area contributed by atoms with Gasteiger partial charge in [0.25, 0.3) is 0 Å². The largest absolute Gasteiger partial charge is 0.456 e. The van der Waals surface area contributed by atoms with Crippen molar-refractivity contribution < 1.29 is 8.81 Å². The molecule has 2 aromatic heterocycles. The molecule has 0 aliphatic rings. The van der Waals surface area contributed by atoms with Gasteiger partial charge in [0, 0.05) is 30.9 Å². The van der Waals surface area contributed by atoms with Gasteiger partial charge in [0.2, 0.25) is 0 Å². The highest BCUT2D eigenvalue weighted by molar-refractivity contribution is 7.26. The first-order valence-electron chi connectivity index (χ1n) is 36.2. The summed E-state index contributed by atoms with van der Waals surface area (Å²) in [7, 11) is -1.06. The number of hydrogen-bond acceptors (Lipinski definition) is 2. The molecule has 4 heteroatoms. The Hall–Kier alpha value is -10.5. The van der Waals surface area contributed by atoms with Crippen LogP contribution in [0.3, 0.4) is 0 Å². The van der Waals surface area contributed by atoms with Crippen molar-refractivity contribution in [3.63, 3.8) is 0 Å². The van der Waals surface area contributed by atoms with Crippen LogP contribution >= 0.6 is 11.3 Å². The first kappa shape index (κ1) is 77.7. The second-order valence-corrected chi connectivity index (χ2v) is 35.4. The lowest BCUT2D eigenvalue weighted by Gasteiger charge is -2.18. The van der Waals surface area contributed by atoms with Gasteiger partial charge >= 0.3 is 0 Å². The molecule has 0 spiro atoms. The minimum Gasteiger partial charge on any atom is -0.456 e. The Labute approximate surface area is 625 Å². The number of rotatable bonds is 4. The first-order chi connectivity index (χ1) is 49.8. The molecule has 2 heterocycles. The van der Waals surface area contributed by atoms with Crippen molar-refractivity contribution >= 4 is 77.5 Å². The molecule has 0 bridgehead atoms. The van der Waals surface area contributed by atoms with Gasteiger partial charge in [0.15, 0.2) is 0 Å². The Kier molecular flexibility index (Phi) is 27.3. The van der Waals surface area contributed by atoms with Gasteiger partial charge in [0.05, 0.1) is 8.07 Å². The van der Waals surface area contributed by atoms with E-state index in [2.05, 4.69) is 352 Å². The highest BCUT2D eigenvalue weighted by Crippen LogP contribution is 2.36. The third-order valence-corrected chi connectivity index (χ3v) is 22.0. The maximum atomic E-state index is 13.5. The van der Waals surface area contributed by atoms with Crippen LogP contribution in [-0.2, 0) is 5.41 Å². The summed E-state index contributed by atoms with van der Waals surface area (Å²) in [6, 6.07) is 109. The molecule has 0 N–H and O–H groups in total. The first-order valence-corrected chi connectivity index (χ1v) is 40.5. The smallest absolute Gasteiger partial charge is 0.138 e. The van der Waals surface area contributed by atoms with Crippen molar-refractivity contribution in [2.75, 3.05) is 0 Å². The van der Waals surface area contributed by atoms with Crippen molar-refractivity contribution in [3.8, 4) is 33.4 Å². The molecule has 0 saturated heterocycles. The van der Waals surface area contributed by atoms with E-state index in [9.17, 15) is 4.39 Å². The van der Waals surface area contributed by atoms with Crippen molar-refractivity contribution in [3.05, 3.63) is 388 Å². The maximum absolute atomic E-state index is 13.5. The molecular formula is C100H103FOSSi. The topological polar surface area (TPSA) is 13.1 Å². The van der Waals surface area contributed by atoms with Crippen LogP contribution in [0, 0.1) is 82.0 Å². The molecule has 104 heavy (non-hydrogen) atoms. The van der Waals surface area contributed by atoms with Crippen LogP contribution in [0.2, 0.25) is 19.6 Å². The van der Waals surface area contributed by atoms with Gasteiger partial charge in [-0.05, 0) is 195 Å².